The van der Waals surface area contributed by atoms with Gasteiger partial charge in [0.15, 0.2) is 0 Å². The fourth-order valence-electron chi connectivity index (χ4n) is 5.76. The number of fused-ring (bicyclic) bond motifs is 1. The minimum atomic E-state index is -1.84. The van der Waals surface area contributed by atoms with Crippen LogP contribution < -0.4 is 10.6 Å². The number of carbonyl (C=O) groups is 2. The number of nitrogens with zero attached hydrogens (tertiary/aromatic N) is 5. The molecule has 0 fully saturated rings. The number of thiocarbonyl (C=S) groups is 1. The van der Waals surface area contributed by atoms with Crippen LogP contribution in [0.2, 0.25) is 15.6 Å². The third kappa shape index (κ3) is 21.4. The third-order valence-corrected chi connectivity index (χ3v) is 10.1. The summed E-state index contributed by atoms with van der Waals surface area (Å²) in [4.78, 5) is 37.9. The molecule has 1 aromatic heterocycles. The lowest BCUT2D eigenvalue weighted by Gasteiger charge is -2.23. The Labute approximate surface area is 372 Å². The molecule has 0 saturated carbocycles. The Balaban J connectivity index is 0.000000286. The smallest absolute Gasteiger partial charge is 0.300 e. The Morgan fingerprint density at radius 2 is 1.26 bits per heavy atom. The van der Waals surface area contributed by atoms with Crippen molar-refractivity contribution < 1.29 is 14.7 Å². The maximum absolute atomic E-state index is 11.8. The highest BCUT2D eigenvalue weighted by Crippen LogP contribution is 2.38. The van der Waals surface area contributed by atoms with E-state index in [1.807, 2.05) is 12.1 Å². The van der Waals surface area contributed by atoms with Crippen LogP contribution >= 0.6 is 81.8 Å². The molecular formula is C40H53Cl6N7O3S. The van der Waals surface area contributed by atoms with Crippen molar-refractivity contribution in [2.75, 3.05) is 18.4 Å². The van der Waals surface area contributed by atoms with E-state index in [1.165, 1.54) is 109 Å². The Kier molecular flexibility index (Phi) is 25.6. The Hall–Kier alpha value is -2.51. The number of alkyl halides is 3. The molecule has 57 heavy (non-hydrogen) atoms. The van der Waals surface area contributed by atoms with Gasteiger partial charge in [-0.1, -0.05) is 186 Å². The normalized spacial score (nSPS) is 12.9. The molecule has 1 amide bonds. The van der Waals surface area contributed by atoms with Crippen LogP contribution in [0.1, 0.15) is 133 Å². The fourth-order valence-corrected chi connectivity index (χ4v) is 7.34. The zero-order valence-electron chi connectivity index (χ0n) is 32.5. The van der Waals surface area contributed by atoms with Crippen LogP contribution in [0.15, 0.2) is 53.5 Å². The molecule has 3 heterocycles. The number of nitrogens with one attached hydrogen (secondary N) is 2. The number of anilines is 2. The van der Waals surface area contributed by atoms with Crippen LogP contribution in [0, 0.1) is 0 Å². The molecule has 314 valence electrons. The lowest BCUT2D eigenvalue weighted by atomic mass is 10.0. The number of aliphatic carboxylic acids is 1. The van der Waals surface area contributed by atoms with Crippen LogP contribution in [0.25, 0.3) is 0 Å². The minimum Gasteiger partial charge on any atom is -0.481 e. The van der Waals surface area contributed by atoms with Crippen LogP contribution in [-0.2, 0) is 4.79 Å². The van der Waals surface area contributed by atoms with Gasteiger partial charge in [-0.3, -0.25) is 19.5 Å². The van der Waals surface area contributed by atoms with Crippen molar-refractivity contribution in [2.24, 2.45) is 4.99 Å². The summed E-state index contributed by atoms with van der Waals surface area (Å²) >= 11 is 39.3. The van der Waals surface area contributed by atoms with Gasteiger partial charge in [0, 0.05) is 25.5 Å². The Bertz CT molecular complexity index is 1650. The van der Waals surface area contributed by atoms with E-state index < -0.39 is 9.89 Å². The van der Waals surface area contributed by atoms with E-state index in [0.717, 1.165) is 24.9 Å². The van der Waals surface area contributed by atoms with Crippen molar-refractivity contribution in [2.45, 2.75) is 120 Å². The van der Waals surface area contributed by atoms with Crippen LogP contribution in [-0.4, -0.2) is 64.7 Å². The van der Waals surface area contributed by atoms with Crippen LogP contribution in [0.5, 0.6) is 0 Å². The van der Waals surface area contributed by atoms with Gasteiger partial charge in [0.2, 0.25) is 16.5 Å². The number of aromatic nitrogens is 3. The minimum absolute atomic E-state index is 0.0227. The van der Waals surface area contributed by atoms with Gasteiger partial charge in [-0.25, -0.2) is 0 Å². The fraction of sp³-hybridized carbons (Fsp3) is 0.525. The van der Waals surface area contributed by atoms with Gasteiger partial charge in [0.25, 0.3) is 15.8 Å². The lowest BCUT2D eigenvalue weighted by molar-refractivity contribution is -0.134. The molecule has 2 aromatic carbocycles. The second-order valence-electron chi connectivity index (χ2n) is 13.2. The zero-order chi connectivity index (χ0) is 42.1. The maximum atomic E-state index is 11.8. The predicted molar refractivity (Wildman–Crippen MR) is 242 cm³/mol. The van der Waals surface area contributed by atoms with Crippen molar-refractivity contribution in [3.8, 4) is 0 Å². The molecular weight excluding hydrogens is 871 g/mol. The van der Waals surface area contributed by atoms with E-state index in [4.69, 9.17) is 91.7 Å². The summed E-state index contributed by atoms with van der Waals surface area (Å²) in [5.74, 6) is 0.295. The van der Waals surface area contributed by atoms with Crippen molar-refractivity contribution >= 4 is 116 Å². The third-order valence-electron chi connectivity index (χ3n) is 8.51. The molecule has 5 rings (SSSR count). The number of rotatable bonds is 18. The summed E-state index contributed by atoms with van der Waals surface area (Å²) in [5.41, 5.74) is 1.76. The predicted octanol–water partition coefficient (Wildman–Crippen LogP) is 13.1. The molecule has 2 aliphatic heterocycles. The standard InChI is InChI=1S/C20H40N2.C9H5Cl3N4.C9H4Cl3NOS.C2H4O2/c1-2-3-4-5-6-7-8-9-10-11-12-13-14-15-16-17-20-21-18-19-22-20;10-5-3-1-2-4-6(5)13-9-15-7(11)14-8(12)16-9;10-9(11,12)13-7(14)5-3-1-2-4-6(5)8(13)15;1-2(3)4/h2-19H2,1H3,(H,21,22);1-4H,(H,13,14,15,16);1-4H;1H3,(H,3,4). The average molecular weight is 925 g/mol. The molecule has 0 radical (unpaired) electrons. The first-order valence-electron chi connectivity index (χ1n) is 19.3. The molecule has 3 aromatic rings. The number of hydrogen-bond acceptors (Lipinski definition) is 9. The van der Waals surface area contributed by atoms with E-state index in [1.54, 1.807) is 36.4 Å². The molecule has 17 heteroatoms. The molecule has 0 atom stereocenters. The Morgan fingerprint density at radius 1 is 0.789 bits per heavy atom. The second kappa shape index (κ2) is 28.8. The molecule has 10 nitrogen and oxygen atoms in total. The molecule has 2 aliphatic rings. The molecule has 0 aliphatic carbocycles. The summed E-state index contributed by atoms with van der Waals surface area (Å²) in [5, 5.41) is 14.3. The van der Waals surface area contributed by atoms with Crippen molar-refractivity contribution in [3.05, 3.63) is 75.2 Å². The van der Waals surface area contributed by atoms with E-state index >= 15 is 0 Å². The highest BCUT2D eigenvalue weighted by molar-refractivity contribution is 7.80. The molecule has 3 N–H and O–H groups in total. The van der Waals surface area contributed by atoms with Gasteiger partial charge >= 0.3 is 0 Å². The number of carboxylic acids is 1. The first-order chi connectivity index (χ1) is 27.2. The van der Waals surface area contributed by atoms with Crippen molar-refractivity contribution in [1.82, 2.24) is 25.2 Å². The topological polar surface area (TPSA) is 133 Å². The SMILES string of the molecule is CC(=O)O.CCCCCCCCCCCCCCCCCC1=NCCN1.Clc1nc(Cl)nc(Nc2ccccc2Cl)n1.O=C1c2ccccc2C(=S)N1C(Cl)(Cl)Cl. The van der Waals surface area contributed by atoms with Crippen molar-refractivity contribution in [1.29, 1.82) is 0 Å². The van der Waals surface area contributed by atoms with E-state index in [2.05, 4.69) is 37.5 Å². The van der Waals surface area contributed by atoms with E-state index in [-0.39, 0.29) is 27.4 Å². The number of carboxylic acid groups (broad SMARTS) is 1. The summed E-state index contributed by atoms with van der Waals surface area (Å²) in [6.45, 7) is 5.43. The van der Waals surface area contributed by atoms with E-state index in [0.29, 0.717) is 21.8 Å². The summed E-state index contributed by atoms with van der Waals surface area (Å²) < 4.78 is -1.84. The number of benzene rings is 2. The highest BCUT2D eigenvalue weighted by atomic mass is 35.6. The number of carbonyl (C=O) groups excluding carboxylic acids is 1. The molecule has 0 saturated heterocycles. The quantitative estimate of drug-likeness (QED) is 0.0494. The number of para-hydroxylation sites is 1. The zero-order valence-corrected chi connectivity index (χ0v) is 37.9. The summed E-state index contributed by atoms with van der Waals surface area (Å²) in [7, 11) is 0. The van der Waals surface area contributed by atoms with E-state index in [9.17, 15) is 4.79 Å². The van der Waals surface area contributed by atoms with Gasteiger partial charge in [-0.05, 0) is 47.8 Å². The molecule has 0 spiro atoms. The van der Waals surface area contributed by atoms with Crippen LogP contribution in [0.4, 0.5) is 11.6 Å². The number of unbranched alkanes of at least 4 members (excludes halogenated alkanes) is 14. The first kappa shape index (κ1) is 50.6. The van der Waals surface area contributed by atoms with Gasteiger partial charge in [-0.2, -0.15) is 15.0 Å². The average Bonchev–Trinajstić information content (AvgIpc) is 3.76. The largest absolute Gasteiger partial charge is 0.481 e. The monoisotopic (exact) mass is 921 g/mol. The number of hydrogen-bond donors (Lipinski definition) is 3. The van der Waals surface area contributed by atoms with Gasteiger partial charge in [0.05, 0.1) is 28.7 Å². The number of amides is 1. The Morgan fingerprint density at radius 3 is 1.72 bits per heavy atom. The summed E-state index contributed by atoms with van der Waals surface area (Å²) in [6, 6.07) is 14.1. The second-order valence-corrected chi connectivity index (χ2v) is 16.9. The highest BCUT2D eigenvalue weighted by Gasteiger charge is 2.43. The summed E-state index contributed by atoms with van der Waals surface area (Å²) in [6.07, 6.45) is 22.8. The van der Waals surface area contributed by atoms with Gasteiger partial charge < -0.3 is 15.7 Å². The van der Waals surface area contributed by atoms with Gasteiger partial charge in [-0.15, -0.1) is 0 Å². The maximum Gasteiger partial charge on any atom is 0.300 e. The van der Waals surface area contributed by atoms with Gasteiger partial charge in [0.1, 0.15) is 4.99 Å². The lowest BCUT2D eigenvalue weighted by Crippen LogP contribution is -2.39. The molecule has 0 bridgehead atoms. The number of amidine groups is 1. The number of halogens is 6. The first-order valence-corrected chi connectivity index (χ1v) is 22.0. The van der Waals surface area contributed by atoms with Crippen LogP contribution in [0.3, 0.4) is 0 Å². The molecule has 0 unspecified atom stereocenters. The number of aliphatic imine (C=N–C) groups is 1. The van der Waals surface area contributed by atoms with Crippen molar-refractivity contribution in [3.63, 3.8) is 0 Å².